The van der Waals surface area contributed by atoms with Crippen molar-refractivity contribution in [2.45, 2.75) is 58.5 Å². The Morgan fingerprint density at radius 1 is 0.727 bits per heavy atom. The first kappa shape index (κ1) is 11.4. The molecule has 11 heavy (non-hydrogen) atoms. The van der Waals surface area contributed by atoms with Crippen molar-refractivity contribution in [2.75, 3.05) is 0 Å². The third-order valence-electron chi connectivity index (χ3n) is 3.00. The maximum absolute atomic E-state index is 6.47. The predicted molar refractivity (Wildman–Crippen MR) is 57.9 cm³/mol. The van der Waals surface area contributed by atoms with E-state index in [9.17, 15) is 0 Å². The summed E-state index contributed by atoms with van der Waals surface area (Å²) in [4.78, 5) is 0. The van der Waals surface area contributed by atoms with Crippen molar-refractivity contribution in [3.8, 4) is 0 Å². The molecule has 0 aromatic heterocycles. The van der Waals surface area contributed by atoms with E-state index in [1.165, 1.54) is 0 Å². The maximum atomic E-state index is 6.47. The molecular weight excluding hydrogens is 153 g/mol. The Morgan fingerprint density at radius 2 is 0.909 bits per heavy atom. The normalized spacial score (nSPS) is 15.1. The van der Waals surface area contributed by atoms with Crippen LogP contribution in [0.4, 0.5) is 0 Å². The first-order valence-corrected chi connectivity index (χ1v) is 6.93. The van der Waals surface area contributed by atoms with Crippen LogP contribution in [0.3, 0.4) is 0 Å². The zero-order valence-corrected chi connectivity index (χ0v) is 9.81. The van der Waals surface area contributed by atoms with E-state index in [1.807, 2.05) is 0 Å². The van der Waals surface area contributed by atoms with E-state index in [4.69, 9.17) is 5.50 Å². The summed E-state index contributed by atoms with van der Waals surface area (Å²) in [5, 5.41) is 0. The summed E-state index contributed by atoms with van der Waals surface area (Å²) in [6, 6.07) is 0. The molecule has 0 atom stereocenters. The molecule has 2 heteroatoms. The van der Waals surface area contributed by atoms with E-state index in [-0.39, 0.29) is 0 Å². The minimum absolute atomic E-state index is 0.697. The first-order chi connectivity index (χ1) is 4.83. The molecule has 1 nitrogen and oxygen atoms in total. The molecule has 0 saturated carbocycles. The van der Waals surface area contributed by atoms with Gasteiger partial charge in [0, 0.05) is 0 Å². The van der Waals surface area contributed by atoms with E-state index in [2.05, 4.69) is 41.5 Å². The molecule has 0 unspecified atom stereocenters. The van der Waals surface area contributed by atoms with Gasteiger partial charge in [-0.2, -0.15) is 0 Å². The van der Waals surface area contributed by atoms with Crippen molar-refractivity contribution in [3.63, 3.8) is 0 Å². The number of hydrogen-bond acceptors (Lipinski definition) is 1. The summed E-state index contributed by atoms with van der Waals surface area (Å²) in [6.45, 7) is 13.6. The van der Waals surface area contributed by atoms with Gasteiger partial charge in [0.15, 0.2) is 0 Å². The van der Waals surface area contributed by atoms with Crippen molar-refractivity contribution in [2.24, 2.45) is 5.50 Å². The SMILES string of the molecule is CC(C)[PH](N)(C(C)C)C(C)C. The van der Waals surface area contributed by atoms with Crippen LogP contribution in [0.1, 0.15) is 41.5 Å². The van der Waals surface area contributed by atoms with Crippen LogP contribution in [0.2, 0.25) is 0 Å². The molecule has 0 rings (SSSR count). The second-order valence-corrected chi connectivity index (χ2v) is 9.93. The Hall–Kier alpha value is 0.390. The summed E-state index contributed by atoms with van der Waals surface area (Å²) in [7, 11) is -1.48. The summed E-state index contributed by atoms with van der Waals surface area (Å²) in [6.07, 6.45) is 0. The molecule has 0 aliphatic carbocycles. The van der Waals surface area contributed by atoms with Gasteiger partial charge < -0.3 is 0 Å². The molecule has 0 amide bonds. The molecule has 0 aromatic rings. The zero-order valence-electron chi connectivity index (χ0n) is 8.81. The molecule has 70 valence electrons. The van der Waals surface area contributed by atoms with Gasteiger partial charge in [-0.05, 0) is 0 Å². The van der Waals surface area contributed by atoms with Crippen molar-refractivity contribution in [3.05, 3.63) is 0 Å². The van der Waals surface area contributed by atoms with Crippen molar-refractivity contribution in [1.82, 2.24) is 0 Å². The predicted octanol–water partition coefficient (Wildman–Crippen LogP) is 2.84. The van der Waals surface area contributed by atoms with Crippen LogP contribution >= 0.6 is 7.41 Å². The van der Waals surface area contributed by atoms with E-state index in [1.54, 1.807) is 0 Å². The van der Waals surface area contributed by atoms with Gasteiger partial charge in [0.05, 0.1) is 0 Å². The molecule has 0 aliphatic heterocycles. The molecule has 0 bridgehead atoms. The second kappa shape index (κ2) is 3.87. The fourth-order valence-electron chi connectivity index (χ4n) is 2.00. The van der Waals surface area contributed by atoms with Gasteiger partial charge in [-0.1, -0.05) is 0 Å². The van der Waals surface area contributed by atoms with Crippen LogP contribution < -0.4 is 5.50 Å². The van der Waals surface area contributed by atoms with E-state index in [0.29, 0.717) is 17.0 Å². The fourth-order valence-corrected chi connectivity index (χ4v) is 6.00. The monoisotopic (exact) mass is 177 g/mol. The summed E-state index contributed by atoms with van der Waals surface area (Å²) in [5.41, 5.74) is 8.56. The molecule has 2 N–H and O–H groups in total. The Labute approximate surface area is 72.1 Å². The standard InChI is InChI=1S/C9H24NP/c1-7(2)11(10,8(3)4)9(5)6/h7-9,11H,10H2,1-6H3. The fraction of sp³-hybridized carbons (Fsp3) is 1.00. The topological polar surface area (TPSA) is 26.0 Å². The molecule has 0 aliphatic rings. The Kier molecular flexibility index (Phi) is 4.00. The van der Waals surface area contributed by atoms with Crippen LogP contribution in [-0.2, 0) is 0 Å². The Balaban J connectivity index is 4.53. The van der Waals surface area contributed by atoms with Crippen LogP contribution in [0, 0.1) is 0 Å². The van der Waals surface area contributed by atoms with E-state index < -0.39 is 7.41 Å². The molecule has 0 aromatic carbocycles. The van der Waals surface area contributed by atoms with Gasteiger partial charge in [-0.3, -0.25) is 0 Å². The van der Waals surface area contributed by atoms with Gasteiger partial charge in [-0.25, -0.2) is 0 Å². The number of hydrogen-bond donors (Lipinski definition) is 1. The van der Waals surface area contributed by atoms with E-state index in [0.717, 1.165) is 0 Å². The molecular formula is C9H24NP. The van der Waals surface area contributed by atoms with Gasteiger partial charge in [-0.15, -0.1) is 0 Å². The summed E-state index contributed by atoms with van der Waals surface area (Å²) in [5.74, 6) is 0. The first-order valence-electron chi connectivity index (χ1n) is 4.62. The van der Waals surface area contributed by atoms with Crippen LogP contribution in [-0.4, -0.2) is 17.0 Å². The number of nitrogens with two attached hydrogens (primary N) is 1. The average molecular weight is 177 g/mol. The van der Waals surface area contributed by atoms with Crippen molar-refractivity contribution < 1.29 is 0 Å². The molecule has 0 radical (unpaired) electrons. The van der Waals surface area contributed by atoms with Gasteiger partial charge >= 0.3 is 71.4 Å². The summed E-state index contributed by atoms with van der Waals surface area (Å²) < 4.78 is 0. The van der Waals surface area contributed by atoms with E-state index >= 15 is 0 Å². The van der Waals surface area contributed by atoms with Crippen LogP contribution in [0.15, 0.2) is 0 Å². The number of rotatable bonds is 3. The Bertz CT molecular complexity index is 97.0. The van der Waals surface area contributed by atoms with Crippen molar-refractivity contribution >= 4 is 7.41 Å². The molecule has 0 fully saturated rings. The quantitative estimate of drug-likeness (QED) is 0.659. The second-order valence-electron chi connectivity index (χ2n) is 4.46. The average Bonchev–Trinajstić information content (AvgIpc) is 1.84. The minimum atomic E-state index is -1.48. The molecule has 0 heterocycles. The molecule has 0 saturated heterocycles. The van der Waals surface area contributed by atoms with Gasteiger partial charge in [0.1, 0.15) is 0 Å². The van der Waals surface area contributed by atoms with Crippen molar-refractivity contribution in [1.29, 1.82) is 0 Å². The van der Waals surface area contributed by atoms with Crippen LogP contribution in [0.25, 0.3) is 0 Å². The Morgan fingerprint density at radius 3 is 0.909 bits per heavy atom. The van der Waals surface area contributed by atoms with Gasteiger partial charge in [0.2, 0.25) is 0 Å². The van der Waals surface area contributed by atoms with Crippen LogP contribution in [0.5, 0.6) is 0 Å². The third-order valence-corrected chi connectivity index (χ3v) is 9.00. The van der Waals surface area contributed by atoms with Gasteiger partial charge in [0.25, 0.3) is 0 Å². The molecule has 0 spiro atoms. The third kappa shape index (κ3) is 2.16. The zero-order chi connectivity index (χ0) is 9.23. The summed E-state index contributed by atoms with van der Waals surface area (Å²) >= 11 is 0.